The Bertz CT molecular complexity index is 682. The van der Waals surface area contributed by atoms with Crippen LogP contribution in [-0.4, -0.2) is 45.0 Å². The van der Waals surface area contributed by atoms with Crippen LogP contribution in [0, 0.1) is 17.5 Å². The van der Waals surface area contributed by atoms with E-state index in [2.05, 4.69) is 5.32 Å². The molecule has 2 amide bonds. The van der Waals surface area contributed by atoms with Crippen molar-refractivity contribution in [1.29, 1.82) is 0 Å². The highest BCUT2D eigenvalue weighted by Gasteiger charge is 2.40. The maximum atomic E-state index is 13.2. The minimum Gasteiger partial charge on any atom is -0.474 e. The van der Waals surface area contributed by atoms with Gasteiger partial charge in [-0.2, -0.15) is 0 Å². The molecule has 1 aromatic carbocycles. The highest BCUT2D eigenvalue weighted by Crippen LogP contribution is 2.35. The van der Waals surface area contributed by atoms with Crippen LogP contribution in [0.1, 0.15) is 13.3 Å². The van der Waals surface area contributed by atoms with Gasteiger partial charge in [-0.1, -0.05) is 0 Å². The molecule has 0 saturated carbocycles. The fourth-order valence-corrected chi connectivity index (χ4v) is 3.18. The highest BCUT2D eigenvalue weighted by atomic mass is 32.2. The van der Waals surface area contributed by atoms with E-state index in [9.17, 15) is 27.6 Å². The van der Waals surface area contributed by atoms with Gasteiger partial charge >= 0.3 is 11.9 Å². The van der Waals surface area contributed by atoms with Crippen LogP contribution in [-0.2, 0) is 14.4 Å². The summed E-state index contributed by atoms with van der Waals surface area (Å²) in [5.41, 5.74) is -0.234. The molecule has 1 aliphatic heterocycles. The van der Waals surface area contributed by atoms with Crippen molar-refractivity contribution in [3.63, 3.8) is 0 Å². The van der Waals surface area contributed by atoms with E-state index in [0.29, 0.717) is 12.1 Å². The third kappa shape index (κ3) is 3.64. The monoisotopic (exact) mass is 362 g/mol. The van der Waals surface area contributed by atoms with Crippen LogP contribution in [0.15, 0.2) is 12.1 Å². The maximum Gasteiger partial charge on any atom is 0.394 e. The summed E-state index contributed by atoms with van der Waals surface area (Å²) in [6.45, 7) is 1.61. The molecule has 1 atom stereocenters. The molecular weight excluding hydrogens is 349 g/mol. The van der Waals surface area contributed by atoms with Gasteiger partial charge in [0.2, 0.25) is 5.91 Å². The van der Waals surface area contributed by atoms with Gasteiger partial charge in [0.1, 0.15) is 0 Å². The van der Waals surface area contributed by atoms with Gasteiger partial charge in [0.15, 0.2) is 17.5 Å². The Kier molecular flexibility index (Phi) is 5.07. The van der Waals surface area contributed by atoms with E-state index in [0.717, 1.165) is 16.7 Å². The van der Waals surface area contributed by atoms with Gasteiger partial charge < -0.3 is 15.3 Å². The summed E-state index contributed by atoms with van der Waals surface area (Å²) < 4.78 is 38.2. The lowest BCUT2D eigenvalue weighted by Gasteiger charge is -2.36. The minimum atomic E-state index is -1.63. The Hall–Kier alpha value is -2.23. The molecule has 1 heterocycles. The van der Waals surface area contributed by atoms with Crippen molar-refractivity contribution in [2.75, 3.05) is 17.7 Å². The second-order valence-corrected chi connectivity index (χ2v) is 6.78. The zero-order chi connectivity index (χ0) is 18.1. The molecule has 6 nitrogen and oxygen atoms in total. The number of aliphatic carboxylic acids is 1. The highest BCUT2D eigenvalue weighted by molar-refractivity contribution is 8.01. The first-order valence-electron chi connectivity index (χ1n) is 6.76. The van der Waals surface area contributed by atoms with Crippen LogP contribution in [0.4, 0.5) is 18.9 Å². The van der Waals surface area contributed by atoms with E-state index in [1.54, 1.807) is 6.92 Å². The van der Waals surface area contributed by atoms with Crippen LogP contribution < -0.4 is 5.32 Å². The maximum absolute atomic E-state index is 13.2. The molecule has 2 rings (SSSR count). The van der Waals surface area contributed by atoms with Crippen LogP contribution in [0.5, 0.6) is 0 Å². The topological polar surface area (TPSA) is 86.7 Å². The smallest absolute Gasteiger partial charge is 0.394 e. The number of carboxylic acids is 1. The third-order valence-electron chi connectivity index (χ3n) is 3.59. The predicted molar refractivity (Wildman–Crippen MR) is 79.8 cm³/mol. The number of amides is 2. The van der Waals surface area contributed by atoms with Crippen molar-refractivity contribution in [3.05, 3.63) is 29.6 Å². The average molecular weight is 362 g/mol. The molecule has 1 aliphatic rings. The summed E-state index contributed by atoms with van der Waals surface area (Å²) in [5, 5.41) is 11.0. The lowest BCUT2D eigenvalue weighted by Crippen LogP contribution is -2.49. The van der Waals surface area contributed by atoms with Crippen LogP contribution >= 0.6 is 11.8 Å². The first-order chi connectivity index (χ1) is 11.1. The van der Waals surface area contributed by atoms with Crippen molar-refractivity contribution >= 4 is 35.2 Å². The molecular formula is C14H13F3N2O4S. The van der Waals surface area contributed by atoms with E-state index in [-0.39, 0.29) is 24.5 Å². The zero-order valence-corrected chi connectivity index (χ0v) is 13.3. The summed E-state index contributed by atoms with van der Waals surface area (Å²) in [6.07, 6.45) is 0.147. The summed E-state index contributed by atoms with van der Waals surface area (Å²) in [7, 11) is 0. The Morgan fingerprint density at radius 2 is 1.83 bits per heavy atom. The second kappa shape index (κ2) is 6.71. The fourth-order valence-electron chi connectivity index (χ4n) is 2.07. The molecule has 0 spiro atoms. The first-order valence-corrected chi connectivity index (χ1v) is 7.75. The van der Waals surface area contributed by atoms with Gasteiger partial charge in [-0.05, 0) is 13.3 Å². The molecule has 0 bridgehead atoms. The molecule has 10 heteroatoms. The van der Waals surface area contributed by atoms with Crippen LogP contribution in [0.2, 0.25) is 0 Å². The van der Waals surface area contributed by atoms with Gasteiger partial charge in [-0.15, -0.1) is 11.8 Å². The Balaban J connectivity index is 2.05. The number of benzene rings is 1. The number of rotatable bonds is 2. The number of carboxylic acid groups (broad SMARTS) is 1. The Morgan fingerprint density at radius 3 is 2.29 bits per heavy atom. The summed E-state index contributed by atoms with van der Waals surface area (Å²) >= 11 is 1.03. The summed E-state index contributed by atoms with van der Waals surface area (Å²) in [6, 6.07) is 1.32. The molecule has 24 heavy (non-hydrogen) atoms. The SMILES string of the molecule is C[C@]1(C(=O)Nc2cc(F)c(F)c(F)c2)CCN(C(=O)C(=O)O)CS1. The van der Waals surface area contributed by atoms with Gasteiger partial charge in [0.25, 0.3) is 0 Å². The molecule has 1 saturated heterocycles. The third-order valence-corrected chi connectivity index (χ3v) is 5.06. The molecule has 2 N–H and O–H groups in total. The number of thioether (sulfide) groups is 1. The van der Waals surface area contributed by atoms with E-state index in [1.165, 1.54) is 0 Å². The number of carbonyl (C=O) groups is 3. The lowest BCUT2D eigenvalue weighted by atomic mass is 10.0. The number of hydrogen-bond acceptors (Lipinski definition) is 4. The van der Waals surface area contributed by atoms with Crippen molar-refractivity contribution in [1.82, 2.24) is 4.90 Å². The van der Waals surface area contributed by atoms with Gasteiger partial charge in [-0.3, -0.25) is 9.59 Å². The van der Waals surface area contributed by atoms with Crippen LogP contribution in [0.3, 0.4) is 0 Å². The zero-order valence-electron chi connectivity index (χ0n) is 12.4. The van der Waals surface area contributed by atoms with Crippen LogP contribution in [0.25, 0.3) is 0 Å². The molecule has 1 fully saturated rings. The van der Waals surface area contributed by atoms with E-state index in [4.69, 9.17) is 5.11 Å². The number of halogens is 3. The number of carbonyl (C=O) groups excluding carboxylic acids is 2. The largest absolute Gasteiger partial charge is 0.474 e. The predicted octanol–water partition coefficient (Wildman–Crippen LogP) is 1.81. The minimum absolute atomic E-state index is 0.0127. The van der Waals surface area contributed by atoms with Crippen molar-refractivity contribution in [2.24, 2.45) is 0 Å². The quantitative estimate of drug-likeness (QED) is 0.619. The van der Waals surface area contributed by atoms with Crippen molar-refractivity contribution in [3.8, 4) is 0 Å². The van der Waals surface area contributed by atoms with Gasteiger partial charge in [0, 0.05) is 24.4 Å². The molecule has 0 aromatic heterocycles. The van der Waals surface area contributed by atoms with Gasteiger partial charge in [0.05, 0.1) is 10.6 Å². The second-order valence-electron chi connectivity index (χ2n) is 5.34. The van der Waals surface area contributed by atoms with Gasteiger partial charge in [-0.25, -0.2) is 18.0 Å². The number of nitrogens with one attached hydrogen (secondary N) is 1. The molecule has 130 valence electrons. The number of hydrogen-bond donors (Lipinski definition) is 2. The molecule has 0 radical (unpaired) electrons. The van der Waals surface area contributed by atoms with Crippen molar-refractivity contribution < 1.29 is 32.7 Å². The fraction of sp³-hybridized carbons (Fsp3) is 0.357. The normalized spacial score (nSPS) is 20.6. The molecule has 1 aromatic rings. The summed E-state index contributed by atoms with van der Waals surface area (Å²) in [5.74, 6) is -7.72. The van der Waals surface area contributed by atoms with E-state index < -0.39 is 40.0 Å². The lowest BCUT2D eigenvalue weighted by molar-refractivity contribution is -0.155. The Labute approximate surface area is 139 Å². The van der Waals surface area contributed by atoms with Crippen molar-refractivity contribution in [2.45, 2.75) is 18.1 Å². The molecule has 0 unspecified atom stereocenters. The first kappa shape index (κ1) is 18.1. The average Bonchev–Trinajstić information content (AvgIpc) is 2.52. The standard InChI is InChI=1S/C14H13F3N2O4S/c1-14(2-3-19(6-24-14)11(20)12(21)22)13(23)18-7-4-8(15)10(17)9(16)5-7/h4-5H,2-3,6H2,1H3,(H,18,23)(H,21,22)/t14-/m1/s1. The number of nitrogens with zero attached hydrogens (tertiary/aromatic N) is 1. The van der Waals surface area contributed by atoms with E-state index >= 15 is 0 Å². The number of anilines is 1. The van der Waals surface area contributed by atoms with E-state index in [1.807, 2.05) is 0 Å². The Morgan fingerprint density at radius 1 is 1.25 bits per heavy atom. The summed E-state index contributed by atoms with van der Waals surface area (Å²) in [4.78, 5) is 35.4. The molecule has 0 aliphatic carbocycles.